The summed E-state index contributed by atoms with van der Waals surface area (Å²) in [6, 6.07) is 13.8. The zero-order chi connectivity index (χ0) is 20.2. The van der Waals surface area contributed by atoms with E-state index in [4.69, 9.17) is 18.7 Å². The quantitative estimate of drug-likeness (QED) is 0.596. The zero-order valence-electron chi connectivity index (χ0n) is 16.9. The summed E-state index contributed by atoms with van der Waals surface area (Å²) >= 11 is 0. The van der Waals surface area contributed by atoms with Crippen molar-refractivity contribution >= 4 is 0 Å². The SMILES string of the molecule is COc1ccc(OC)c([C@H]2CCCN2Cc2nc(-c3ccccc3OC)no2)c1. The van der Waals surface area contributed by atoms with Crippen molar-refractivity contribution in [1.82, 2.24) is 15.0 Å². The highest BCUT2D eigenvalue weighted by Crippen LogP contribution is 2.39. The highest BCUT2D eigenvalue weighted by molar-refractivity contribution is 5.63. The lowest BCUT2D eigenvalue weighted by atomic mass is 10.0. The summed E-state index contributed by atoms with van der Waals surface area (Å²) < 4.78 is 22.0. The molecule has 7 heteroatoms. The number of methoxy groups -OCH3 is 3. The second-order valence-electron chi connectivity index (χ2n) is 6.95. The number of likely N-dealkylation sites (tertiary alicyclic amines) is 1. The molecule has 1 aliphatic rings. The Hall–Kier alpha value is -3.06. The molecule has 7 nitrogen and oxygen atoms in total. The van der Waals surface area contributed by atoms with Gasteiger partial charge in [0, 0.05) is 11.6 Å². The molecular weight excluding hydrogens is 370 g/mol. The minimum absolute atomic E-state index is 0.210. The number of ether oxygens (including phenoxy) is 3. The van der Waals surface area contributed by atoms with Gasteiger partial charge >= 0.3 is 0 Å². The van der Waals surface area contributed by atoms with Crippen LogP contribution in [0.2, 0.25) is 0 Å². The topological polar surface area (TPSA) is 69.9 Å². The van der Waals surface area contributed by atoms with Gasteiger partial charge in [-0.3, -0.25) is 4.90 Å². The lowest BCUT2D eigenvalue weighted by Gasteiger charge is -2.25. The number of aromatic nitrogens is 2. The molecule has 1 aromatic heterocycles. The maximum Gasteiger partial charge on any atom is 0.241 e. The van der Waals surface area contributed by atoms with E-state index in [0.29, 0.717) is 18.3 Å². The molecule has 1 saturated heterocycles. The van der Waals surface area contributed by atoms with Crippen molar-refractivity contribution in [3.63, 3.8) is 0 Å². The predicted octanol–water partition coefficient (Wildman–Crippen LogP) is 4.10. The smallest absolute Gasteiger partial charge is 0.241 e. The van der Waals surface area contributed by atoms with Crippen LogP contribution in [0.5, 0.6) is 17.2 Å². The van der Waals surface area contributed by atoms with E-state index in [2.05, 4.69) is 21.1 Å². The van der Waals surface area contributed by atoms with Crippen molar-refractivity contribution in [3.05, 3.63) is 53.9 Å². The molecule has 4 rings (SSSR count). The third-order valence-electron chi connectivity index (χ3n) is 5.31. The zero-order valence-corrected chi connectivity index (χ0v) is 16.9. The number of benzene rings is 2. The molecule has 2 heterocycles. The molecule has 1 fully saturated rings. The Balaban J connectivity index is 1.57. The van der Waals surface area contributed by atoms with E-state index in [0.717, 1.165) is 47.8 Å². The number of nitrogens with zero attached hydrogens (tertiary/aromatic N) is 3. The van der Waals surface area contributed by atoms with Crippen LogP contribution in [0.4, 0.5) is 0 Å². The maximum absolute atomic E-state index is 5.60. The highest BCUT2D eigenvalue weighted by atomic mass is 16.5. The first kappa shape index (κ1) is 19.3. The minimum atomic E-state index is 0.210. The summed E-state index contributed by atoms with van der Waals surface area (Å²) in [7, 11) is 5.01. The lowest BCUT2D eigenvalue weighted by Crippen LogP contribution is -2.23. The van der Waals surface area contributed by atoms with Gasteiger partial charge in [-0.05, 0) is 49.7 Å². The van der Waals surface area contributed by atoms with Gasteiger partial charge in [0.1, 0.15) is 17.2 Å². The van der Waals surface area contributed by atoms with Gasteiger partial charge in [-0.15, -0.1) is 0 Å². The van der Waals surface area contributed by atoms with Gasteiger partial charge in [0.2, 0.25) is 11.7 Å². The van der Waals surface area contributed by atoms with Crippen LogP contribution < -0.4 is 14.2 Å². The van der Waals surface area contributed by atoms with E-state index in [1.54, 1.807) is 21.3 Å². The van der Waals surface area contributed by atoms with Crippen LogP contribution in [0.3, 0.4) is 0 Å². The van der Waals surface area contributed by atoms with Crippen molar-refractivity contribution in [2.45, 2.75) is 25.4 Å². The molecule has 152 valence electrons. The molecule has 0 unspecified atom stereocenters. The standard InChI is InChI=1S/C22H25N3O4/c1-26-15-10-11-20(28-3)17(13-15)18-8-6-12-25(18)14-21-23-22(24-29-21)16-7-4-5-9-19(16)27-2/h4-5,7,9-11,13,18H,6,8,12,14H2,1-3H3/t18-/m1/s1. The summed E-state index contributed by atoms with van der Waals surface area (Å²) in [6.45, 7) is 1.53. The number of hydrogen-bond acceptors (Lipinski definition) is 7. The van der Waals surface area contributed by atoms with Gasteiger partial charge in [0.05, 0.1) is 33.4 Å². The second-order valence-corrected chi connectivity index (χ2v) is 6.95. The first-order chi connectivity index (χ1) is 14.2. The van der Waals surface area contributed by atoms with Gasteiger partial charge in [-0.2, -0.15) is 4.98 Å². The second kappa shape index (κ2) is 8.53. The Bertz CT molecular complexity index is 972. The first-order valence-corrected chi connectivity index (χ1v) is 9.65. The Morgan fingerprint density at radius 1 is 1.03 bits per heavy atom. The largest absolute Gasteiger partial charge is 0.497 e. The van der Waals surface area contributed by atoms with Crippen LogP contribution in [0, 0.1) is 0 Å². The van der Waals surface area contributed by atoms with Gasteiger partial charge < -0.3 is 18.7 Å². The maximum atomic E-state index is 5.60. The van der Waals surface area contributed by atoms with Gasteiger partial charge in [0.15, 0.2) is 0 Å². The number of para-hydroxylation sites is 1. The third-order valence-corrected chi connectivity index (χ3v) is 5.31. The molecule has 2 aromatic carbocycles. The number of hydrogen-bond donors (Lipinski definition) is 0. The minimum Gasteiger partial charge on any atom is -0.497 e. The normalized spacial score (nSPS) is 16.7. The predicted molar refractivity (Wildman–Crippen MR) is 108 cm³/mol. The van der Waals surface area contributed by atoms with E-state index in [1.807, 2.05) is 36.4 Å². The monoisotopic (exact) mass is 395 g/mol. The van der Waals surface area contributed by atoms with Crippen LogP contribution in [0.25, 0.3) is 11.4 Å². The van der Waals surface area contributed by atoms with Crippen LogP contribution in [-0.2, 0) is 6.54 Å². The van der Waals surface area contributed by atoms with E-state index in [1.165, 1.54) is 0 Å². The fourth-order valence-corrected chi connectivity index (χ4v) is 3.90. The molecule has 1 aliphatic heterocycles. The van der Waals surface area contributed by atoms with Crippen LogP contribution in [-0.4, -0.2) is 42.9 Å². The van der Waals surface area contributed by atoms with E-state index in [-0.39, 0.29) is 6.04 Å². The molecule has 3 aromatic rings. The summed E-state index contributed by atoms with van der Waals surface area (Å²) in [5.74, 6) is 3.53. The van der Waals surface area contributed by atoms with E-state index >= 15 is 0 Å². The molecule has 0 amide bonds. The van der Waals surface area contributed by atoms with Crippen LogP contribution in [0.1, 0.15) is 30.3 Å². The Kier molecular flexibility index (Phi) is 5.67. The lowest BCUT2D eigenvalue weighted by molar-refractivity contribution is 0.209. The molecule has 0 N–H and O–H groups in total. The Labute approximate surface area is 170 Å². The Morgan fingerprint density at radius 3 is 2.66 bits per heavy atom. The van der Waals surface area contributed by atoms with Gasteiger partial charge in [0.25, 0.3) is 0 Å². The summed E-state index contributed by atoms with van der Waals surface area (Å²) in [5, 5.41) is 4.16. The average Bonchev–Trinajstić information content (AvgIpc) is 3.43. The van der Waals surface area contributed by atoms with Gasteiger partial charge in [-0.25, -0.2) is 0 Å². The van der Waals surface area contributed by atoms with Crippen molar-refractivity contribution in [2.75, 3.05) is 27.9 Å². The summed E-state index contributed by atoms with van der Waals surface area (Å²) in [5.41, 5.74) is 1.94. The van der Waals surface area contributed by atoms with E-state index < -0.39 is 0 Å². The fourth-order valence-electron chi connectivity index (χ4n) is 3.90. The molecule has 0 radical (unpaired) electrons. The fraction of sp³-hybridized carbons (Fsp3) is 0.364. The van der Waals surface area contributed by atoms with E-state index in [9.17, 15) is 0 Å². The molecule has 0 saturated carbocycles. The van der Waals surface area contributed by atoms with Crippen molar-refractivity contribution in [2.24, 2.45) is 0 Å². The average molecular weight is 395 g/mol. The van der Waals surface area contributed by atoms with Gasteiger partial charge in [-0.1, -0.05) is 17.3 Å². The molecule has 1 atom stereocenters. The summed E-state index contributed by atoms with van der Waals surface area (Å²) in [4.78, 5) is 6.95. The number of rotatable bonds is 7. The van der Waals surface area contributed by atoms with Crippen molar-refractivity contribution in [1.29, 1.82) is 0 Å². The third kappa shape index (κ3) is 3.91. The first-order valence-electron chi connectivity index (χ1n) is 9.65. The molecule has 0 bridgehead atoms. The molecule has 29 heavy (non-hydrogen) atoms. The Morgan fingerprint density at radius 2 is 1.86 bits per heavy atom. The van der Waals surface area contributed by atoms with Crippen molar-refractivity contribution in [3.8, 4) is 28.6 Å². The molecular formula is C22H25N3O4. The highest BCUT2D eigenvalue weighted by Gasteiger charge is 2.30. The van der Waals surface area contributed by atoms with Crippen LogP contribution in [0.15, 0.2) is 47.0 Å². The molecule has 0 aliphatic carbocycles. The summed E-state index contributed by atoms with van der Waals surface area (Å²) in [6.07, 6.45) is 2.13. The molecule has 0 spiro atoms. The van der Waals surface area contributed by atoms with Crippen molar-refractivity contribution < 1.29 is 18.7 Å². The van der Waals surface area contributed by atoms with Crippen LogP contribution >= 0.6 is 0 Å².